The summed E-state index contributed by atoms with van der Waals surface area (Å²) in [5.41, 5.74) is 0.0604. The van der Waals surface area contributed by atoms with Gasteiger partial charge in [-0.3, -0.25) is 4.79 Å². The number of nitrogens with one attached hydrogen (secondary N) is 1. The van der Waals surface area contributed by atoms with Gasteiger partial charge in [-0.25, -0.2) is 9.59 Å². The largest absolute Gasteiger partial charge is 0.462 e. The van der Waals surface area contributed by atoms with Crippen LogP contribution in [0.1, 0.15) is 66.1 Å². The monoisotopic (exact) mass is 353 g/mol. The molecule has 1 heterocycles. The first-order chi connectivity index (χ1) is 11.1. The Labute approximate surface area is 145 Å². The molecule has 1 saturated carbocycles. The lowest BCUT2D eigenvalue weighted by atomic mass is 10.1. The maximum atomic E-state index is 12.4. The minimum absolute atomic E-state index is 0.00701. The van der Waals surface area contributed by atoms with Crippen LogP contribution in [0.4, 0.5) is 5.00 Å². The Balaban J connectivity index is 2.36. The molecular weight excluding hydrogens is 330 g/mol. The maximum absolute atomic E-state index is 12.4. The van der Waals surface area contributed by atoms with E-state index in [2.05, 4.69) is 5.32 Å². The van der Waals surface area contributed by atoms with E-state index in [4.69, 9.17) is 9.47 Å². The van der Waals surface area contributed by atoms with Crippen LogP contribution in [0.5, 0.6) is 0 Å². The van der Waals surface area contributed by atoms with Gasteiger partial charge in [0.25, 0.3) is 0 Å². The molecule has 1 amide bonds. The Morgan fingerprint density at radius 3 is 2.33 bits per heavy atom. The molecule has 0 aliphatic heterocycles. The normalized spacial score (nSPS) is 14.2. The summed E-state index contributed by atoms with van der Waals surface area (Å²) in [6.07, 6.45) is 1.70. The van der Waals surface area contributed by atoms with Crippen LogP contribution in [-0.2, 0) is 14.3 Å². The molecule has 0 bridgehead atoms. The lowest BCUT2D eigenvalue weighted by Gasteiger charge is -2.19. The third-order valence-electron chi connectivity index (χ3n) is 3.40. The third-order valence-corrected chi connectivity index (χ3v) is 4.58. The highest BCUT2D eigenvalue weighted by Crippen LogP contribution is 2.37. The molecule has 1 aliphatic carbocycles. The highest BCUT2D eigenvalue weighted by Gasteiger charge is 2.33. The second-order valence-corrected chi connectivity index (χ2v) is 7.77. The molecule has 132 valence electrons. The smallest absolute Gasteiger partial charge is 0.349 e. The molecule has 1 aromatic rings. The molecule has 0 aromatic carbocycles. The maximum Gasteiger partial charge on any atom is 0.349 e. The van der Waals surface area contributed by atoms with Crippen molar-refractivity contribution in [3.05, 3.63) is 16.0 Å². The molecule has 6 nitrogen and oxygen atoms in total. The molecule has 0 spiro atoms. The van der Waals surface area contributed by atoms with Gasteiger partial charge >= 0.3 is 11.9 Å². The van der Waals surface area contributed by atoms with Gasteiger partial charge in [-0.05, 0) is 53.0 Å². The molecule has 0 atom stereocenters. The van der Waals surface area contributed by atoms with Crippen molar-refractivity contribution in [2.45, 2.75) is 53.1 Å². The summed E-state index contributed by atoms with van der Waals surface area (Å²) in [7, 11) is 0. The zero-order valence-corrected chi connectivity index (χ0v) is 15.5. The molecule has 0 saturated heterocycles. The molecule has 0 unspecified atom stereocenters. The summed E-state index contributed by atoms with van der Waals surface area (Å²) in [5.74, 6) is -1.19. The minimum Gasteiger partial charge on any atom is -0.462 e. The van der Waals surface area contributed by atoms with E-state index in [1.165, 1.54) is 0 Å². The Hall–Kier alpha value is -1.89. The number of esters is 2. The number of carbonyl (C=O) groups is 3. The summed E-state index contributed by atoms with van der Waals surface area (Å²) in [6, 6.07) is 0. The van der Waals surface area contributed by atoms with Crippen LogP contribution in [-0.4, -0.2) is 30.1 Å². The van der Waals surface area contributed by atoms with E-state index in [1.807, 2.05) is 0 Å². The second-order valence-electron chi connectivity index (χ2n) is 6.75. The van der Waals surface area contributed by atoms with Crippen molar-refractivity contribution in [1.82, 2.24) is 0 Å². The van der Waals surface area contributed by atoms with E-state index in [9.17, 15) is 14.4 Å². The zero-order valence-electron chi connectivity index (χ0n) is 14.6. The number of rotatable bonds is 5. The van der Waals surface area contributed by atoms with E-state index < -0.39 is 17.5 Å². The summed E-state index contributed by atoms with van der Waals surface area (Å²) in [6.45, 7) is 8.90. The van der Waals surface area contributed by atoms with Crippen LogP contribution in [0.25, 0.3) is 0 Å². The standard InChI is InChI=1S/C17H23NO5S/c1-6-22-15(20)11-9(2)12(16(21)23-17(3,4)5)24-14(11)18-13(19)10-7-8-10/h10H,6-8H2,1-5H3,(H,18,19). The van der Waals surface area contributed by atoms with Crippen LogP contribution in [0.2, 0.25) is 0 Å². The van der Waals surface area contributed by atoms with Gasteiger partial charge in [0.2, 0.25) is 5.91 Å². The second kappa shape index (κ2) is 6.93. The van der Waals surface area contributed by atoms with E-state index in [1.54, 1.807) is 34.6 Å². The molecule has 1 N–H and O–H groups in total. The third kappa shape index (κ3) is 4.35. The molecule has 2 rings (SSSR count). The van der Waals surface area contributed by atoms with E-state index in [-0.39, 0.29) is 24.0 Å². The van der Waals surface area contributed by atoms with E-state index in [0.717, 1.165) is 24.2 Å². The number of thiophene rings is 1. The van der Waals surface area contributed by atoms with Crippen molar-refractivity contribution < 1.29 is 23.9 Å². The number of hydrogen-bond donors (Lipinski definition) is 1. The van der Waals surface area contributed by atoms with Crippen LogP contribution >= 0.6 is 11.3 Å². The summed E-state index contributed by atoms with van der Waals surface area (Å²) in [5, 5.41) is 3.11. The summed E-state index contributed by atoms with van der Waals surface area (Å²) in [4.78, 5) is 37.0. The van der Waals surface area contributed by atoms with Gasteiger partial charge in [-0.2, -0.15) is 0 Å². The fraction of sp³-hybridized carbons (Fsp3) is 0.588. The van der Waals surface area contributed by atoms with Crippen LogP contribution < -0.4 is 5.32 Å². The van der Waals surface area contributed by atoms with Gasteiger partial charge in [-0.1, -0.05) is 0 Å². The van der Waals surface area contributed by atoms with Gasteiger partial charge in [0.15, 0.2) is 0 Å². The Bertz CT molecular complexity index is 667. The lowest BCUT2D eigenvalue weighted by molar-refractivity contribution is -0.117. The molecule has 0 radical (unpaired) electrons. The average molecular weight is 353 g/mol. The first-order valence-corrected chi connectivity index (χ1v) is 8.80. The fourth-order valence-electron chi connectivity index (χ4n) is 2.13. The van der Waals surface area contributed by atoms with Crippen molar-refractivity contribution >= 4 is 34.2 Å². The Morgan fingerprint density at radius 2 is 1.83 bits per heavy atom. The molecule has 1 fully saturated rings. The quantitative estimate of drug-likeness (QED) is 0.819. The molecule has 7 heteroatoms. The van der Waals surface area contributed by atoms with Crippen molar-refractivity contribution in [1.29, 1.82) is 0 Å². The predicted molar refractivity (Wildman–Crippen MR) is 91.5 cm³/mol. The van der Waals surface area contributed by atoms with Crippen molar-refractivity contribution in [2.24, 2.45) is 5.92 Å². The summed E-state index contributed by atoms with van der Waals surface area (Å²) >= 11 is 1.06. The number of ether oxygens (including phenoxy) is 2. The van der Waals surface area contributed by atoms with Crippen LogP contribution in [0, 0.1) is 12.8 Å². The van der Waals surface area contributed by atoms with E-state index >= 15 is 0 Å². The van der Waals surface area contributed by atoms with Crippen molar-refractivity contribution in [3.63, 3.8) is 0 Å². The highest BCUT2D eigenvalue weighted by atomic mass is 32.1. The van der Waals surface area contributed by atoms with E-state index in [0.29, 0.717) is 15.4 Å². The predicted octanol–water partition coefficient (Wildman–Crippen LogP) is 3.54. The first kappa shape index (κ1) is 18.4. The Morgan fingerprint density at radius 1 is 1.21 bits per heavy atom. The van der Waals surface area contributed by atoms with Gasteiger partial charge in [0.1, 0.15) is 15.5 Å². The highest BCUT2D eigenvalue weighted by molar-refractivity contribution is 7.18. The summed E-state index contributed by atoms with van der Waals surface area (Å²) < 4.78 is 10.4. The SMILES string of the molecule is CCOC(=O)c1c(NC(=O)C2CC2)sc(C(=O)OC(C)(C)C)c1C. The van der Waals surface area contributed by atoms with Crippen LogP contribution in [0.3, 0.4) is 0 Å². The van der Waals surface area contributed by atoms with Gasteiger partial charge in [0.05, 0.1) is 12.2 Å². The Kier molecular flexibility index (Phi) is 5.32. The molecule has 1 aliphatic rings. The van der Waals surface area contributed by atoms with Gasteiger partial charge < -0.3 is 14.8 Å². The minimum atomic E-state index is -0.644. The van der Waals surface area contributed by atoms with Crippen molar-refractivity contribution in [2.75, 3.05) is 11.9 Å². The van der Waals surface area contributed by atoms with Gasteiger partial charge in [-0.15, -0.1) is 11.3 Å². The first-order valence-electron chi connectivity index (χ1n) is 7.98. The van der Waals surface area contributed by atoms with Gasteiger partial charge in [0, 0.05) is 5.92 Å². The number of amides is 1. The molecular formula is C17H23NO5S. The fourth-order valence-corrected chi connectivity index (χ4v) is 3.20. The molecule has 1 aromatic heterocycles. The topological polar surface area (TPSA) is 81.7 Å². The number of anilines is 1. The number of hydrogen-bond acceptors (Lipinski definition) is 6. The van der Waals surface area contributed by atoms with Crippen LogP contribution in [0.15, 0.2) is 0 Å². The zero-order chi connectivity index (χ0) is 18.1. The number of carbonyl (C=O) groups excluding carboxylic acids is 3. The molecule has 24 heavy (non-hydrogen) atoms. The van der Waals surface area contributed by atoms with Crippen molar-refractivity contribution in [3.8, 4) is 0 Å². The lowest BCUT2D eigenvalue weighted by Crippen LogP contribution is -2.23. The average Bonchev–Trinajstić information content (AvgIpc) is 3.22.